The lowest BCUT2D eigenvalue weighted by Gasteiger charge is -2.05. The van der Waals surface area contributed by atoms with E-state index < -0.39 is 11.9 Å². The minimum atomic E-state index is -0.558. The fourth-order valence-corrected chi connectivity index (χ4v) is 2.52. The Morgan fingerprint density at radius 3 is 2.54 bits per heavy atom. The van der Waals surface area contributed by atoms with Crippen LogP contribution in [0.1, 0.15) is 34.8 Å². The summed E-state index contributed by atoms with van der Waals surface area (Å²) in [6, 6.07) is 6.26. The third-order valence-electron chi connectivity index (χ3n) is 3.53. The van der Waals surface area contributed by atoms with Crippen molar-refractivity contribution >= 4 is 33.7 Å². The molecule has 124 valence electrons. The molecule has 7 heteroatoms. The van der Waals surface area contributed by atoms with Crippen molar-refractivity contribution < 1.29 is 24.2 Å². The maximum atomic E-state index is 11.9. The Hall–Kier alpha value is -3.09. The van der Waals surface area contributed by atoms with Gasteiger partial charge in [0.25, 0.3) is 0 Å². The molecule has 2 heterocycles. The van der Waals surface area contributed by atoms with Gasteiger partial charge in [-0.15, -0.1) is 0 Å². The number of rotatable bonds is 4. The van der Waals surface area contributed by atoms with E-state index in [1.54, 1.807) is 26.0 Å². The van der Waals surface area contributed by atoms with Crippen LogP contribution in [0.25, 0.3) is 21.8 Å². The lowest BCUT2D eigenvalue weighted by Crippen LogP contribution is -2.07. The van der Waals surface area contributed by atoms with E-state index in [9.17, 15) is 14.7 Å². The molecular formula is C17H16N2O5. The van der Waals surface area contributed by atoms with Gasteiger partial charge in [-0.2, -0.15) is 0 Å². The average Bonchev–Trinajstić information content (AvgIpc) is 2.99. The lowest BCUT2D eigenvalue weighted by molar-refractivity contribution is 0.0511. The van der Waals surface area contributed by atoms with Gasteiger partial charge in [0.2, 0.25) is 0 Å². The maximum absolute atomic E-state index is 11.9. The summed E-state index contributed by atoms with van der Waals surface area (Å²) in [5, 5.41) is 11.5. The summed E-state index contributed by atoms with van der Waals surface area (Å²) in [6.07, 6.45) is 0. The second kappa shape index (κ2) is 6.19. The molecule has 0 bridgehead atoms. The highest BCUT2D eigenvalue weighted by Crippen LogP contribution is 2.32. The molecule has 0 unspecified atom stereocenters. The van der Waals surface area contributed by atoms with Crippen molar-refractivity contribution in [2.75, 3.05) is 13.2 Å². The molecule has 3 aromatic rings. The molecule has 2 N–H and O–H groups in total. The first kappa shape index (κ1) is 15.8. The van der Waals surface area contributed by atoms with E-state index >= 15 is 0 Å². The van der Waals surface area contributed by atoms with Crippen LogP contribution in [0.15, 0.2) is 24.3 Å². The minimum Gasteiger partial charge on any atom is -0.506 e. The third-order valence-corrected chi connectivity index (χ3v) is 3.53. The van der Waals surface area contributed by atoms with Crippen molar-refractivity contribution in [1.82, 2.24) is 9.97 Å². The SMILES string of the molecule is CCOC(=O)c1ccc2c(n1)c(O)cc1cc(C(=O)OCC)[nH]c12. The van der Waals surface area contributed by atoms with Gasteiger partial charge in [-0.25, -0.2) is 14.6 Å². The number of pyridine rings is 1. The minimum absolute atomic E-state index is 0.0851. The summed E-state index contributed by atoms with van der Waals surface area (Å²) >= 11 is 0. The van der Waals surface area contributed by atoms with Gasteiger partial charge in [0.1, 0.15) is 22.7 Å². The van der Waals surface area contributed by atoms with Gasteiger partial charge in [-0.1, -0.05) is 0 Å². The summed E-state index contributed by atoms with van der Waals surface area (Å²) < 4.78 is 9.88. The molecule has 0 spiro atoms. The van der Waals surface area contributed by atoms with Gasteiger partial charge < -0.3 is 19.6 Å². The fraction of sp³-hybridized carbons (Fsp3) is 0.235. The molecule has 0 fully saturated rings. The van der Waals surface area contributed by atoms with Crippen LogP contribution in [-0.2, 0) is 9.47 Å². The predicted molar refractivity (Wildman–Crippen MR) is 87.2 cm³/mol. The molecule has 0 saturated heterocycles. The Bertz CT molecular complexity index is 945. The average molecular weight is 328 g/mol. The molecule has 0 radical (unpaired) electrons. The van der Waals surface area contributed by atoms with Crippen LogP contribution in [0.3, 0.4) is 0 Å². The smallest absolute Gasteiger partial charge is 0.356 e. The normalized spacial score (nSPS) is 10.9. The molecule has 0 aliphatic rings. The van der Waals surface area contributed by atoms with E-state index in [4.69, 9.17) is 9.47 Å². The van der Waals surface area contributed by atoms with Crippen molar-refractivity contribution in [2.24, 2.45) is 0 Å². The van der Waals surface area contributed by atoms with E-state index in [2.05, 4.69) is 9.97 Å². The molecule has 0 aliphatic heterocycles. The van der Waals surface area contributed by atoms with Gasteiger partial charge >= 0.3 is 11.9 Å². The number of fused-ring (bicyclic) bond motifs is 3. The number of phenols is 1. The molecule has 0 atom stereocenters. The van der Waals surface area contributed by atoms with Crippen LogP contribution in [0.2, 0.25) is 0 Å². The number of nitrogens with zero attached hydrogens (tertiary/aromatic N) is 1. The zero-order valence-electron chi connectivity index (χ0n) is 13.3. The quantitative estimate of drug-likeness (QED) is 0.714. The first-order chi connectivity index (χ1) is 11.5. The Morgan fingerprint density at radius 1 is 1.12 bits per heavy atom. The topological polar surface area (TPSA) is 102 Å². The Labute approximate surface area is 137 Å². The number of nitrogens with one attached hydrogen (secondary N) is 1. The molecule has 2 aromatic heterocycles. The van der Waals surface area contributed by atoms with Crippen LogP contribution in [0.4, 0.5) is 0 Å². The van der Waals surface area contributed by atoms with Crippen LogP contribution in [-0.4, -0.2) is 40.2 Å². The van der Waals surface area contributed by atoms with E-state index in [0.29, 0.717) is 16.3 Å². The van der Waals surface area contributed by atoms with Crippen LogP contribution in [0, 0.1) is 0 Å². The van der Waals surface area contributed by atoms with Crippen LogP contribution in [0.5, 0.6) is 5.75 Å². The standard InChI is InChI=1S/C17H16N2O5/c1-3-23-16(21)11-6-5-10-14-9(8-13(20)15(10)18-11)7-12(19-14)17(22)24-4-2/h5-8,19-20H,3-4H2,1-2H3. The number of H-pyrrole nitrogens is 1. The summed E-state index contributed by atoms with van der Waals surface area (Å²) in [6.45, 7) is 3.94. The Balaban J connectivity index is 2.16. The molecule has 24 heavy (non-hydrogen) atoms. The summed E-state index contributed by atoms with van der Waals surface area (Å²) in [5.41, 5.74) is 1.28. The third kappa shape index (κ3) is 2.64. The maximum Gasteiger partial charge on any atom is 0.356 e. The number of carbonyl (C=O) groups excluding carboxylic acids is 2. The number of aromatic nitrogens is 2. The zero-order valence-corrected chi connectivity index (χ0v) is 13.3. The summed E-state index contributed by atoms with van der Waals surface area (Å²) in [4.78, 5) is 30.8. The van der Waals surface area contributed by atoms with Gasteiger partial charge in [0.05, 0.1) is 18.7 Å². The van der Waals surface area contributed by atoms with E-state index in [1.165, 1.54) is 12.1 Å². The molecule has 3 rings (SSSR count). The van der Waals surface area contributed by atoms with Crippen molar-refractivity contribution in [2.45, 2.75) is 13.8 Å². The molecule has 0 amide bonds. The number of phenolic OH excluding ortho intramolecular Hbond substituents is 1. The van der Waals surface area contributed by atoms with Gasteiger partial charge in [0, 0.05) is 10.8 Å². The number of hydrogen-bond donors (Lipinski definition) is 2. The van der Waals surface area contributed by atoms with Crippen molar-refractivity contribution in [3.05, 3.63) is 35.7 Å². The van der Waals surface area contributed by atoms with Gasteiger partial charge in [-0.3, -0.25) is 0 Å². The Morgan fingerprint density at radius 2 is 1.83 bits per heavy atom. The number of carbonyl (C=O) groups is 2. The monoisotopic (exact) mass is 328 g/mol. The second-order valence-corrected chi connectivity index (χ2v) is 5.08. The highest BCUT2D eigenvalue weighted by Gasteiger charge is 2.17. The van der Waals surface area contributed by atoms with Crippen LogP contribution >= 0.6 is 0 Å². The highest BCUT2D eigenvalue weighted by atomic mass is 16.5. The fourth-order valence-electron chi connectivity index (χ4n) is 2.52. The Kier molecular flexibility index (Phi) is 4.07. The van der Waals surface area contributed by atoms with Crippen LogP contribution < -0.4 is 0 Å². The predicted octanol–water partition coefficient (Wildman–Crippen LogP) is 2.78. The van der Waals surface area contributed by atoms with Crippen molar-refractivity contribution in [3.8, 4) is 5.75 Å². The van der Waals surface area contributed by atoms with Gasteiger partial charge in [-0.05, 0) is 38.1 Å². The molecule has 1 aromatic carbocycles. The number of benzene rings is 1. The van der Waals surface area contributed by atoms with Crippen molar-refractivity contribution in [3.63, 3.8) is 0 Å². The number of esters is 2. The lowest BCUT2D eigenvalue weighted by atomic mass is 10.1. The first-order valence-corrected chi connectivity index (χ1v) is 7.54. The zero-order chi connectivity index (χ0) is 17.3. The van der Waals surface area contributed by atoms with E-state index in [-0.39, 0.29) is 35.9 Å². The van der Waals surface area contributed by atoms with Crippen molar-refractivity contribution in [1.29, 1.82) is 0 Å². The van der Waals surface area contributed by atoms with E-state index in [1.807, 2.05) is 0 Å². The molecule has 0 saturated carbocycles. The molecule has 0 aliphatic carbocycles. The molecule has 7 nitrogen and oxygen atoms in total. The van der Waals surface area contributed by atoms with Gasteiger partial charge in [0.15, 0.2) is 0 Å². The highest BCUT2D eigenvalue weighted by molar-refractivity contribution is 6.10. The number of hydrogen-bond acceptors (Lipinski definition) is 6. The van der Waals surface area contributed by atoms with E-state index in [0.717, 1.165) is 0 Å². The largest absolute Gasteiger partial charge is 0.506 e. The summed E-state index contributed by atoms with van der Waals surface area (Å²) in [5.74, 6) is -1.12. The summed E-state index contributed by atoms with van der Waals surface area (Å²) in [7, 11) is 0. The number of aromatic hydroxyl groups is 1. The second-order valence-electron chi connectivity index (χ2n) is 5.08. The number of ether oxygens (including phenoxy) is 2. The number of aromatic amines is 1. The molecular weight excluding hydrogens is 312 g/mol. The first-order valence-electron chi connectivity index (χ1n) is 7.54.